The van der Waals surface area contributed by atoms with Crippen LogP contribution in [0, 0.1) is 5.82 Å². The predicted octanol–water partition coefficient (Wildman–Crippen LogP) is 2.98. The van der Waals surface area contributed by atoms with Crippen molar-refractivity contribution in [3.63, 3.8) is 0 Å². The second kappa shape index (κ2) is 8.51. The molecule has 0 spiro atoms. The summed E-state index contributed by atoms with van der Waals surface area (Å²) in [5.74, 6) is 0.812. The first kappa shape index (κ1) is 15.5. The highest BCUT2D eigenvalue weighted by molar-refractivity contribution is 7.99. The maximum absolute atomic E-state index is 13.8. The van der Waals surface area contributed by atoms with Gasteiger partial charge in [0.2, 0.25) is 0 Å². The molecule has 0 unspecified atom stereocenters. The van der Waals surface area contributed by atoms with Gasteiger partial charge in [-0.1, -0.05) is 13.0 Å². The summed E-state index contributed by atoms with van der Waals surface area (Å²) in [5.41, 5.74) is 1.01. The summed E-state index contributed by atoms with van der Waals surface area (Å²) in [6.07, 6.45) is 1.10. The van der Waals surface area contributed by atoms with Gasteiger partial charge in [-0.2, -0.15) is 0 Å². The zero-order valence-corrected chi connectivity index (χ0v) is 12.3. The quantitative estimate of drug-likeness (QED) is 0.577. The Kier molecular flexibility index (Phi) is 7.32. The average molecular weight is 270 g/mol. The minimum Gasteiger partial charge on any atom is -0.313 e. The molecule has 102 valence electrons. The van der Waals surface area contributed by atoms with Crippen molar-refractivity contribution in [1.29, 1.82) is 0 Å². The van der Waals surface area contributed by atoms with Gasteiger partial charge in [-0.25, -0.2) is 4.39 Å². The first-order chi connectivity index (χ1) is 8.63. The topological polar surface area (TPSA) is 15.3 Å². The van der Waals surface area contributed by atoms with E-state index in [2.05, 4.69) is 17.1 Å². The number of nitrogens with zero attached hydrogens (tertiary/aromatic N) is 1. The minimum absolute atomic E-state index is 0.102. The Morgan fingerprint density at radius 2 is 2.11 bits per heavy atom. The molecule has 0 saturated carbocycles. The smallest absolute Gasteiger partial charge is 0.137 e. The molecule has 0 aliphatic rings. The molecule has 0 atom stereocenters. The van der Waals surface area contributed by atoms with E-state index >= 15 is 0 Å². The second-order valence-corrected chi connectivity index (χ2v) is 5.73. The van der Waals surface area contributed by atoms with E-state index < -0.39 is 0 Å². The van der Waals surface area contributed by atoms with Crippen molar-refractivity contribution >= 4 is 11.8 Å². The van der Waals surface area contributed by atoms with Crippen molar-refractivity contribution in [3.05, 3.63) is 29.6 Å². The van der Waals surface area contributed by atoms with Gasteiger partial charge in [-0.05, 0) is 44.8 Å². The molecule has 0 saturated heterocycles. The molecule has 0 aromatic heterocycles. The van der Waals surface area contributed by atoms with Crippen molar-refractivity contribution in [2.45, 2.75) is 24.8 Å². The summed E-state index contributed by atoms with van der Waals surface area (Å²) >= 11 is 1.58. The largest absolute Gasteiger partial charge is 0.313 e. The molecule has 18 heavy (non-hydrogen) atoms. The molecule has 2 nitrogen and oxygen atoms in total. The summed E-state index contributed by atoms with van der Waals surface area (Å²) in [5, 5.41) is 3.28. The summed E-state index contributed by atoms with van der Waals surface area (Å²) < 4.78 is 13.8. The van der Waals surface area contributed by atoms with Crippen LogP contribution in [0.3, 0.4) is 0 Å². The van der Waals surface area contributed by atoms with Gasteiger partial charge < -0.3 is 10.2 Å². The minimum atomic E-state index is -0.102. The van der Waals surface area contributed by atoms with E-state index in [0.717, 1.165) is 42.3 Å². The van der Waals surface area contributed by atoms with Gasteiger partial charge >= 0.3 is 0 Å². The lowest BCUT2D eigenvalue weighted by molar-refractivity contribution is 0.437. The van der Waals surface area contributed by atoms with Gasteiger partial charge in [0, 0.05) is 23.7 Å². The van der Waals surface area contributed by atoms with Crippen molar-refractivity contribution in [3.8, 4) is 0 Å². The Hall–Kier alpha value is -0.580. The van der Waals surface area contributed by atoms with E-state index in [9.17, 15) is 4.39 Å². The first-order valence-electron chi connectivity index (χ1n) is 6.40. The van der Waals surface area contributed by atoms with Crippen LogP contribution in [-0.2, 0) is 6.54 Å². The Balaban J connectivity index is 2.46. The molecule has 0 fully saturated rings. The van der Waals surface area contributed by atoms with Crippen LogP contribution < -0.4 is 5.32 Å². The lowest BCUT2D eigenvalue weighted by atomic mass is 10.2. The molecule has 1 aromatic carbocycles. The molecule has 0 heterocycles. The number of hydrogen-bond donors (Lipinski definition) is 1. The number of halogens is 1. The van der Waals surface area contributed by atoms with E-state index in [0.29, 0.717) is 0 Å². The summed E-state index contributed by atoms with van der Waals surface area (Å²) in [6, 6.07) is 5.53. The Morgan fingerprint density at radius 1 is 1.33 bits per heavy atom. The highest BCUT2D eigenvalue weighted by atomic mass is 32.2. The lowest BCUT2D eigenvalue weighted by Gasteiger charge is -2.10. The van der Waals surface area contributed by atoms with Gasteiger partial charge in [0.15, 0.2) is 0 Å². The van der Waals surface area contributed by atoms with Crippen LogP contribution in [0.15, 0.2) is 23.1 Å². The Morgan fingerprint density at radius 3 is 2.72 bits per heavy atom. The number of rotatable bonds is 8. The fourth-order valence-corrected chi connectivity index (χ4v) is 2.56. The normalized spacial score (nSPS) is 11.2. The van der Waals surface area contributed by atoms with E-state index in [1.807, 2.05) is 26.2 Å². The van der Waals surface area contributed by atoms with Crippen molar-refractivity contribution in [2.24, 2.45) is 0 Å². The van der Waals surface area contributed by atoms with Gasteiger partial charge in [0.25, 0.3) is 0 Å². The molecular formula is C14H23FN2S. The number of benzene rings is 1. The van der Waals surface area contributed by atoms with Crippen LogP contribution in [0.25, 0.3) is 0 Å². The standard InChI is InChI=1S/C14H23FN2S/c1-4-7-16-11-12-5-6-14(13(15)10-12)18-9-8-17(2)3/h5-6,10,16H,4,7-9,11H2,1-3H3. The van der Waals surface area contributed by atoms with Gasteiger partial charge in [-0.15, -0.1) is 11.8 Å². The van der Waals surface area contributed by atoms with Crippen LogP contribution in [0.5, 0.6) is 0 Å². The number of thioether (sulfide) groups is 1. The maximum Gasteiger partial charge on any atom is 0.137 e. The first-order valence-corrected chi connectivity index (χ1v) is 7.38. The zero-order chi connectivity index (χ0) is 13.4. The molecule has 0 aliphatic carbocycles. The third-order valence-electron chi connectivity index (χ3n) is 2.55. The third-order valence-corrected chi connectivity index (χ3v) is 3.58. The summed E-state index contributed by atoms with van der Waals surface area (Å²) in [4.78, 5) is 2.85. The fourth-order valence-electron chi connectivity index (χ4n) is 1.52. The van der Waals surface area contributed by atoms with E-state index in [1.165, 1.54) is 0 Å². The second-order valence-electron chi connectivity index (χ2n) is 4.59. The van der Waals surface area contributed by atoms with E-state index in [-0.39, 0.29) is 5.82 Å². The van der Waals surface area contributed by atoms with Crippen LogP contribution in [0.1, 0.15) is 18.9 Å². The molecule has 0 aliphatic heterocycles. The molecule has 1 rings (SSSR count). The Labute approximate surface area is 114 Å². The monoisotopic (exact) mass is 270 g/mol. The van der Waals surface area contributed by atoms with Crippen LogP contribution in [0.2, 0.25) is 0 Å². The predicted molar refractivity (Wildman–Crippen MR) is 77.7 cm³/mol. The SMILES string of the molecule is CCCNCc1ccc(SCCN(C)C)c(F)c1. The van der Waals surface area contributed by atoms with Crippen LogP contribution in [0.4, 0.5) is 4.39 Å². The van der Waals surface area contributed by atoms with Gasteiger partial charge in [0.05, 0.1) is 0 Å². The molecule has 0 amide bonds. The van der Waals surface area contributed by atoms with Crippen molar-refractivity contribution in [1.82, 2.24) is 10.2 Å². The molecule has 1 N–H and O–H groups in total. The maximum atomic E-state index is 13.8. The fraction of sp³-hybridized carbons (Fsp3) is 0.571. The highest BCUT2D eigenvalue weighted by Crippen LogP contribution is 2.22. The molecule has 0 radical (unpaired) electrons. The summed E-state index contributed by atoms with van der Waals surface area (Å²) in [7, 11) is 4.05. The van der Waals surface area contributed by atoms with E-state index in [1.54, 1.807) is 17.8 Å². The molecule has 0 bridgehead atoms. The third kappa shape index (κ3) is 5.85. The molecule has 1 aromatic rings. The van der Waals surface area contributed by atoms with Crippen LogP contribution in [-0.4, -0.2) is 37.8 Å². The molecular weight excluding hydrogens is 247 g/mol. The molecule has 4 heteroatoms. The lowest BCUT2D eigenvalue weighted by Crippen LogP contribution is -2.15. The zero-order valence-electron chi connectivity index (χ0n) is 11.5. The van der Waals surface area contributed by atoms with E-state index in [4.69, 9.17) is 0 Å². The van der Waals surface area contributed by atoms with Gasteiger partial charge in [0.1, 0.15) is 5.82 Å². The van der Waals surface area contributed by atoms with Gasteiger partial charge in [-0.3, -0.25) is 0 Å². The van der Waals surface area contributed by atoms with Crippen LogP contribution >= 0.6 is 11.8 Å². The average Bonchev–Trinajstić information content (AvgIpc) is 2.32. The van der Waals surface area contributed by atoms with Crippen molar-refractivity contribution < 1.29 is 4.39 Å². The van der Waals surface area contributed by atoms with Crippen molar-refractivity contribution in [2.75, 3.05) is 32.9 Å². The number of nitrogens with one attached hydrogen (secondary N) is 1. The number of hydrogen-bond acceptors (Lipinski definition) is 3. The summed E-state index contributed by atoms with van der Waals surface area (Å²) in [6.45, 7) is 4.80. The Bertz CT molecular complexity index is 356. The highest BCUT2D eigenvalue weighted by Gasteiger charge is 2.04.